The van der Waals surface area contributed by atoms with Gasteiger partial charge < -0.3 is 14.8 Å². The van der Waals surface area contributed by atoms with Crippen LogP contribution in [0.15, 0.2) is 24.3 Å². The number of nitrogens with one attached hydrogen (secondary N) is 1. The summed E-state index contributed by atoms with van der Waals surface area (Å²) < 4.78 is 44.7. The Morgan fingerprint density at radius 2 is 1.86 bits per heavy atom. The number of rotatable bonds is 7. The first kappa shape index (κ1) is 18.3. The lowest BCUT2D eigenvalue weighted by molar-refractivity contribution is -0.274. The molecule has 1 N–H and O–H groups in total. The van der Waals surface area contributed by atoms with Gasteiger partial charge in [0.25, 0.3) is 0 Å². The van der Waals surface area contributed by atoms with Gasteiger partial charge >= 0.3 is 12.3 Å². The molecule has 0 fully saturated rings. The van der Waals surface area contributed by atoms with Crippen LogP contribution in [-0.4, -0.2) is 25.5 Å². The molecule has 1 aromatic carbocycles. The summed E-state index contributed by atoms with van der Waals surface area (Å²) in [6.45, 7) is 4.19. The summed E-state index contributed by atoms with van der Waals surface area (Å²) in [5.41, 5.74) is 0.793. The van der Waals surface area contributed by atoms with Crippen LogP contribution in [0.5, 0.6) is 5.75 Å². The second-order valence-electron chi connectivity index (χ2n) is 4.90. The minimum absolute atomic E-state index is 0.108. The summed E-state index contributed by atoms with van der Waals surface area (Å²) in [7, 11) is 1.34. The molecule has 2 atom stereocenters. The third-order valence-corrected chi connectivity index (χ3v) is 3.33. The summed E-state index contributed by atoms with van der Waals surface area (Å²) in [5, 5.41) is 3.17. The maximum absolute atomic E-state index is 12.1. The van der Waals surface area contributed by atoms with Gasteiger partial charge in [0, 0.05) is 12.6 Å². The van der Waals surface area contributed by atoms with E-state index in [1.807, 2.05) is 13.8 Å². The number of alkyl halides is 3. The van der Waals surface area contributed by atoms with Crippen molar-refractivity contribution in [3.63, 3.8) is 0 Å². The molecular weight excluding hydrogens is 299 g/mol. The van der Waals surface area contributed by atoms with Crippen molar-refractivity contribution in [2.24, 2.45) is 5.92 Å². The third-order valence-electron chi connectivity index (χ3n) is 3.33. The molecule has 0 aromatic heterocycles. The molecule has 0 radical (unpaired) electrons. The number of benzene rings is 1. The van der Waals surface area contributed by atoms with Crippen LogP contribution in [0, 0.1) is 5.92 Å². The molecule has 0 aliphatic rings. The van der Waals surface area contributed by atoms with E-state index in [0.29, 0.717) is 13.0 Å². The van der Waals surface area contributed by atoms with Crippen molar-refractivity contribution < 1.29 is 27.4 Å². The summed E-state index contributed by atoms with van der Waals surface area (Å²) in [4.78, 5) is 11.6. The molecule has 1 rings (SSSR count). The fourth-order valence-corrected chi connectivity index (χ4v) is 2.11. The smallest absolute Gasteiger partial charge is 0.469 e. The van der Waals surface area contributed by atoms with Gasteiger partial charge in [0.1, 0.15) is 5.75 Å². The summed E-state index contributed by atoms with van der Waals surface area (Å²) in [6.07, 6.45) is -4.05. The average Bonchev–Trinajstić information content (AvgIpc) is 2.45. The predicted octanol–water partition coefficient (Wildman–Crippen LogP) is 3.26. The van der Waals surface area contributed by atoms with E-state index in [9.17, 15) is 18.0 Å². The number of ether oxygens (including phenoxy) is 2. The Labute approximate surface area is 127 Å². The fraction of sp³-hybridized carbons (Fsp3) is 0.533. The van der Waals surface area contributed by atoms with E-state index >= 15 is 0 Å². The highest BCUT2D eigenvalue weighted by Gasteiger charge is 2.31. The first-order valence-electron chi connectivity index (χ1n) is 6.92. The van der Waals surface area contributed by atoms with Crippen molar-refractivity contribution in [1.29, 1.82) is 0 Å². The molecule has 7 heteroatoms. The monoisotopic (exact) mass is 319 g/mol. The Bertz CT molecular complexity index is 474. The lowest BCUT2D eigenvalue weighted by atomic mass is 9.98. The van der Waals surface area contributed by atoms with E-state index in [0.717, 1.165) is 5.56 Å². The highest BCUT2D eigenvalue weighted by Crippen LogP contribution is 2.22. The van der Waals surface area contributed by atoms with Crippen molar-refractivity contribution in [2.45, 2.75) is 39.2 Å². The number of halogens is 3. The topological polar surface area (TPSA) is 47.6 Å². The second-order valence-corrected chi connectivity index (χ2v) is 4.90. The first-order chi connectivity index (χ1) is 10.3. The first-order valence-corrected chi connectivity index (χ1v) is 6.92. The second kappa shape index (κ2) is 8.03. The van der Waals surface area contributed by atoms with Crippen molar-refractivity contribution >= 4 is 5.97 Å². The maximum atomic E-state index is 12.1. The molecule has 0 bridgehead atoms. The van der Waals surface area contributed by atoms with E-state index in [4.69, 9.17) is 4.74 Å². The number of esters is 1. The van der Waals surface area contributed by atoms with Gasteiger partial charge in [-0.2, -0.15) is 0 Å². The molecule has 0 saturated carbocycles. The molecule has 0 spiro atoms. The summed E-state index contributed by atoms with van der Waals surface area (Å²) in [6, 6.07) is 5.49. The third kappa shape index (κ3) is 5.93. The van der Waals surface area contributed by atoms with Gasteiger partial charge in [-0.05, 0) is 31.0 Å². The lowest BCUT2D eigenvalue weighted by Gasteiger charge is -2.21. The molecule has 0 amide bonds. The normalized spacial score (nSPS) is 14.3. The molecular formula is C15H20F3NO3. The van der Waals surface area contributed by atoms with E-state index in [1.165, 1.54) is 19.2 Å². The Kier molecular flexibility index (Phi) is 6.67. The number of carbonyl (C=O) groups excluding carboxylic acids is 1. The minimum Gasteiger partial charge on any atom is -0.469 e. The molecule has 22 heavy (non-hydrogen) atoms. The highest BCUT2D eigenvalue weighted by molar-refractivity contribution is 5.73. The average molecular weight is 319 g/mol. The van der Waals surface area contributed by atoms with Crippen molar-refractivity contribution in [1.82, 2.24) is 5.32 Å². The van der Waals surface area contributed by atoms with Crippen LogP contribution in [-0.2, 0) is 16.1 Å². The Hall–Kier alpha value is -1.76. The van der Waals surface area contributed by atoms with Crippen LogP contribution in [0.3, 0.4) is 0 Å². The van der Waals surface area contributed by atoms with E-state index < -0.39 is 6.36 Å². The zero-order valence-corrected chi connectivity index (χ0v) is 12.7. The van der Waals surface area contributed by atoms with Crippen LogP contribution in [0.1, 0.15) is 25.8 Å². The molecule has 4 nitrogen and oxygen atoms in total. The zero-order valence-electron chi connectivity index (χ0n) is 12.7. The Balaban J connectivity index is 2.55. The Morgan fingerprint density at radius 3 is 2.32 bits per heavy atom. The van der Waals surface area contributed by atoms with Crippen molar-refractivity contribution in [3.05, 3.63) is 29.8 Å². The maximum Gasteiger partial charge on any atom is 0.573 e. The van der Waals surface area contributed by atoms with E-state index in [2.05, 4.69) is 10.1 Å². The highest BCUT2D eigenvalue weighted by atomic mass is 19.4. The molecule has 1 aromatic rings. The van der Waals surface area contributed by atoms with Crippen molar-refractivity contribution in [2.75, 3.05) is 7.11 Å². The van der Waals surface area contributed by atoms with Gasteiger partial charge in [-0.3, -0.25) is 4.79 Å². The molecule has 124 valence electrons. The molecule has 0 heterocycles. The van der Waals surface area contributed by atoms with Crippen molar-refractivity contribution in [3.8, 4) is 5.75 Å². The number of hydrogen-bond acceptors (Lipinski definition) is 4. The quantitative estimate of drug-likeness (QED) is 0.784. The standard InChI is InChI=1S/C15H20F3NO3/c1-4-13(14(20)21-3)10(2)19-9-11-5-7-12(8-6-11)22-15(16,17)18/h5-8,10,13,19H,4,9H2,1-3H3. The van der Waals surface area contributed by atoms with Crippen LogP contribution in [0.4, 0.5) is 13.2 Å². The van der Waals surface area contributed by atoms with E-state index in [1.54, 1.807) is 12.1 Å². The summed E-state index contributed by atoms with van der Waals surface area (Å²) >= 11 is 0. The van der Waals surface area contributed by atoms with Gasteiger partial charge in [-0.15, -0.1) is 13.2 Å². The number of carbonyl (C=O) groups is 1. The molecule has 2 unspecified atom stereocenters. The van der Waals surface area contributed by atoms with Gasteiger partial charge in [-0.25, -0.2) is 0 Å². The summed E-state index contributed by atoms with van der Waals surface area (Å²) in [5.74, 6) is -0.806. The molecule has 0 aliphatic heterocycles. The van der Waals surface area contributed by atoms with Crippen LogP contribution in [0.2, 0.25) is 0 Å². The van der Waals surface area contributed by atoms with Gasteiger partial charge in [0.2, 0.25) is 0 Å². The fourth-order valence-electron chi connectivity index (χ4n) is 2.11. The van der Waals surface area contributed by atoms with Gasteiger partial charge in [-0.1, -0.05) is 19.1 Å². The van der Waals surface area contributed by atoms with Crippen LogP contribution < -0.4 is 10.1 Å². The molecule has 0 saturated heterocycles. The predicted molar refractivity (Wildman–Crippen MR) is 75.2 cm³/mol. The van der Waals surface area contributed by atoms with E-state index in [-0.39, 0.29) is 23.7 Å². The Morgan fingerprint density at radius 1 is 1.27 bits per heavy atom. The minimum atomic E-state index is -4.69. The zero-order chi connectivity index (χ0) is 16.8. The van der Waals surface area contributed by atoms with Crippen LogP contribution >= 0.6 is 0 Å². The van der Waals surface area contributed by atoms with Crippen LogP contribution in [0.25, 0.3) is 0 Å². The number of hydrogen-bond donors (Lipinski definition) is 1. The number of methoxy groups -OCH3 is 1. The molecule has 0 aliphatic carbocycles. The van der Waals surface area contributed by atoms with Gasteiger partial charge in [0.15, 0.2) is 0 Å². The lowest BCUT2D eigenvalue weighted by Crippen LogP contribution is -2.37. The van der Waals surface area contributed by atoms with Gasteiger partial charge in [0.05, 0.1) is 13.0 Å². The largest absolute Gasteiger partial charge is 0.573 e. The SMILES string of the molecule is CCC(C(=O)OC)C(C)NCc1ccc(OC(F)(F)F)cc1.